The molecule has 18 heavy (non-hydrogen) atoms. The van der Waals surface area contributed by atoms with Crippen molar-refractivity contribution in [3.63, 3.8) is 0 Å². The van der Waals surface area contributed by atoms with Crippen LogP contribution in [0.5, 0.6) is 5.75 Å². The molecule has 0 aliphatic heterocycles. The number of benzene rings is 1. The smallest absolute Gasteiger partial charge is 0.246 e. The standard InChI is InChI=1S/C11H17NO5S/c1-17-10-4-2-3-5-11(10)18(15,16)12(6-8-13)7-9-14/h2-5,13-14H,6-9H2,1H3. The highest BCUT2D eigenvalue weighted by Gasteiger charge is 2.26. The number of aliphatic hydroxyl groups excluding tert-OH is 2. The van der Waals surface area contributed by atoms with Gasteiger partial charge in [-0.3, -0.25) is 0 Å². The lowest BCUT2D eigenvalue weighted by Crippen LogP contribution is -2.36. The number of para-hydroxylation sites is 1. The molecule has 102 valence electrons. The van der Waals surface area contributed by atoms with Crippen LogP contribution in [0.4, 0.5) is 0 Å². The summed E-state index contributed by atoms with van der Waals surface area (Å²) in [6, 6.07) is 6.23. The number of ether oxygens (including phenoxy) is 1. The Kier molecular flexibility index (Phi) is 5.54. The second kappa shape index (κ2) is 6.69. The molecule has 0 aliphatic rings. The van der Waals surface area contributed by atoms with Crippen LogP contribution in [0.15, 0.2) is 29.2 Å². The van der Waals surface area contributed by atoms with Crippen LogP contribution in [0, 0.1) is 0 Å². The maximum Gasteiger partial charge on any atom is 0.246 e. The maximum atomic E-state index is 12.3. The summed E-state index contributed by atoms with van der Waals surface area (Å²) in [4.78, 5) is 0.0226. The van der Waals surface area contributed by atoms with Gasteiger partial charge in [0.05, 0.1) is 20.3 Å². The highest BCUT2D eigenvalue weighted by Crippen LogP contribution is 2.25. The SMILES string of the molecule is COc1ccccc1S(=O)(=O)N(CCO)CCO. The molecular weight excluding hydrogens is 258 g/mol. The molecule has 0 saturated heterocycles. The van der Waals surface area contributed by atoms with E-state index in [1.807, 2.05) is 0 Å². The summed E-state index contributed by atoms with van der Waals surface area (Å²) >= 11 is 0. The average Bonchev–Trinajstić information content (AvgIpc) is 2.38. The Labute approximate surface area is 106 Å². The van der Waals surface area contributed by atoms with Gasteiger partial charge in [0, 0.05) is 13.1 Å². The fourth-order valence-electron chi connectivity index (χ4n) is 1.55. The van der Waals surface area contributed by atoms with Gasteiger partial charge in [0.2, 0.25) is 10.0 Å². The largest absolute Gasteiger partial charge is 0.495 e. The molecule has 0 atom stereocenters. The van der Waals surface area contributed by atoms with Gasteiger partial charge in [0.15, 0.2) is 0 Å². The maximum absolute atomic E-state index is 12.3. The summed E-state index contributed by atoms with van der Waals surface area (Å²) in [7, 11) is -2.39. The second-order valence-electron chi connectivity index (χ2n) is 3.50. The number of aliphatic hydroxyl groups is 2. The van der Waals surface area contributed by atoms with Crippen LogP contribution >= 0.6 is 0 Å². The number of rotatable bonds is 7. The topological polar surface area (TPSA) is 87.1 Å². The number of hydrogen-bond donors (Lipinski definition) is 2. The second-order valence-corrected chi connectivity index (χ2v) is 5.41. The summed E-state index contributed by atoms with van der Waals surface area (Å²) in [5, 5.41) is 17.8. The molecule has 0 unspecified atom stereocenters. The molecule has 1 aromatic carbocycles. The Hall–Kier alpha value is -1.15. The zero-order chi connectivity index (χ0) is 13.6. The zero-order valence-corrected chi connectivity index (χ0v) is 10.9. The summed E-state index contributed by atoms with van der Waals surface area (Å²) in [5.41, 5.74) is 0. The third-order valence-corrected chi connectivity index (χ3v) is 4.32. The van der Waals surface area contributed by atoms with Crippen molar-refractivity contribution in [2.24, 2.45) is 0 Å². The summed E-state index contributed by atoms with van der Waals surface area (Å²) < 4.78 is 30.7. The van der Waals surface area contributed by atoms with Crippen molar-refractivity contribution in [3.8, 4) is 5.75 Å². The molecule has 0 aromatic heterocycles. The van der Waals surface area contributed by atoms with Crippen LogP contribution in [-0.4, -0.2) is 56.3 Å². The summed E-state index contributed by atoms with van der Waals surface area (Å²) in [6.45, 7) is -0.759. The molecule has 7 heteroatoms. The number of sulfonamides is 1. The lowest BCUT2D eigenvalue weighted by atomic mass is 10.3. The van der Waals surface area contributed by atoms with E-state index in [1.54, 1.807) is 18.2 Å². The molecule has 0 radical (unpaired) electrons. The minimum absolute atomic E-state index is 0.0226. The monoisotopic (exact) mass is 275 g/mol. The van der Waals surface area contributed by atoms with E-state index in [-0.39, 0.29) is 36.9 Å². The number of hydrogen-bond acceptors (Lipinski definition) is 5. The third-order valence-electron chi connectivity index (χ3n) is 2.39. The molecule has 0 fully saturated rings. The highest BCUT2D eigenvalue weighted by atomic mass is 32.2. The van der Waals surface area contributed by atoms with Gasteiger partial charge in [-0.15, -0.1) is 0 Å². The minimum Gasteiger partial charge on any atom is -0.495 e. The Bertz CT molecular complexity index is 468. The van der Waals surface area contributed by atoms with E-state index in [0.29, 0.717) is 0 Å². The molecule has 0 spiro atoms. The first-order chi connectivity index (χ1) is 8.57. The molecule has 0 amide bonds. The van der Waals surface area contributed by atoms with Crippen LogP contribution < -0.4 is 4.74 Å². The average molecular weight is 275 g/mol. The van der Waals surface area contributed by atoms with Gasteiger partial charge in [0.1, 0.15) is 10.6 Å². The predicted octanol–water partition coefficient (Wildman–Crippen LogP) is -0.330. The summed E-state index contributed by atoms with van der Waals surface area (Å²) in [6.07, 6.45) is 0. The van der Waals surface area contributed by atoms with Gasteiger partial charge in [-0.1, -0.05) is 12.1 Å². The first-order valence-electron chi connectivity index (χ1n) is 5.42. The molecule has 1 aromatic rings. The predicted molar refractivity (Wildman–Crippen MR) is 65.9 cm³/mol. The first kappa shape index (κ1) is 14.9. The van der Waals surface area contributed by atoms with Crippen LogP contribution in [0.25, 0.3) is 0 Å². The van der Waals surface area contributed by atoms with Gasteiger partial charge < -0.3 is 14.9 Å². The van der Waals surface area contributed by atoms with Crippen molar-refractivity contribution in [2.75, 3.05) is 33.4 Å². The zero-order valence-electron chi connectivity index (χ0n) is 10.1. The normalized spacial score (nSPS) is 11.8. The van der Waals surface area contributed by atoms with Crippen molar-refractivity contribution in [1.82, 2.24) is 4.31 Å². The molecule has 6 nitrogen and oxygen atoms in total. The molecular formula is C11H17NO5S. The fourth-order valence-corrected chi connectivity index (χ4v) is 3.12. The summed E-state index contributed by atoms with van der Waals surface area (Å²) in [5.74, 6) is 0.235. The van der Waals surface area contributed by atoms with Crippen molar-refractivity contribution in [2.45, 2.75) is 4.90 Å². The number of methoxy groups -OCH3 is 1. The third kappa shape index (κ3) is 3.20. The molecule has 1 rings (SSSR count). The van der Waals surface area contributed by atoms with Crippen molar-refractivity contribution in [1.29, 1.82) is 0 Å². The van der Waals surface area contributed by atoms with Crippen LogP contribution in [-0.2, 0) is 10.0 Å². The van der Waals surface area contributed by atoms with Crippen LogP contribution in [0.2, 0.25) is 0 Å². The van der Waals surface area contributed by atoms with Gasteiger partial charge in [-0.2, -0.15) is 4.31 Å². The van der Waals surface area contributed by atoms with Gasteiger partial charge in [0.25, 0.3) is 0 Å². The van der Waals surface area contributed by atoms with Gasteiger partial charge >= 0.3 is 0 Å². The van der Waals surface area contributed by atoms with Crippen LogP contribution in [0.3, 0.4) is 0 Å². The Balaban J connectivity index is 3.17. The fraction of sp³-hybridized carbons (Fsp3) is 0.455. The number of nitrogens with zero attached hydrogens (tertiary/aromatic N) is 1. The Morgan fingerprint density at radius 1 is 1.17 bits per heavy atom. The molecule has 0 saturated carbocycles. The lowest BCUT2D eigenvalue weighted by molar-refractivity contribution is 0.217. The molecule has 0 aliphatic carbocycles. The van der Waals surface area contributed by atoms with E-state index in [9.17, 15) is 8.42 Å². The Morgan fingerprint density at radius 3 is 2.22 bits per heavy atom. The molecule has 0 heterocycles. The van der Waals surface area contributed by atoms with E-state index >= 15 is 0 Å². The van der Waals surface area contributed by atoms with E-state index in [4.69, 9.17) is 14.9 Å². The Morgan fingerprint density at radius 2 is 1.72 bits per heavy atom. The van der Waals surface area contributed by atoms with E-state index < -0.39 is 10.0 Å². The van der Waals surface area contributed by atoms with Crippen molar-refractivity contribution >= 4 is 10.0 Å². The van der Waals surface area contributed by atoms with E-state index in [2.05, 4.69) is 0 Å². The van der Waals surface area contributed by atoms with E-state index in [1.165, 1.54) is 13.2 Å². The molecule has 0 bridgehead atoms. The van der Waals surface area contributed by atoms with E-state index in [0.717, 1.165) is 4.31 Å². The molecule has 2 N–H and O–H groups in total. The van der Waals surface area contributed by atoms with Gasteiger partial charge in [-0.05, 0) is 12.1 Å². The van der Waals surface area contributed by atoms with Crippen molar-refractivity contribution in [3.05, 3.63) is 24.3 Å². The minimum atomic E-state index is -3.78. The first-order valence-corrected chi connectivity index (χ1v) is 6.86. The lowest BCUT2D eigenvalue weighted by Gasteiger charge is -2.21. The van der Waals surface area contributed by atoms with Crippen LogP contribution in [0.1, 0.15) is 0 Å². The van der Waals surface area contributed by atoms with Gasteiger partial charge in [-0.25, -0.2) is 8.42 Å². The highest BCUT2D eigenvalue weighted by molar-refractivity contribution is 7.89. The van der Waals surface area contributed by atoms with Crippen molar-refractivity contribution < 1.29 is 23.4 Å². The quantitative estimate of drug-likeness (QED) is 0.711.